The molecule has 0 aliphatic heterocycles. The van der Waals surface area contributed by atoms with E-state index in [1.54, 1.807) is 6.20 Å². The highest BCUT2D eigenvalue weighted by molar-refractivity contribution is 5.11. The molecule has 0 amide bonds. The average Bonchev–Trinajstić information content (AvgIpc) is 2.48. The fraction of sp³-hybridized carbons (Fsp3) is 0.667. The Hall–Kier alpha value is -1.03. The Bertz CT molecular complexity index is 245. The molecule has 0 bridgehead atoms. The number of nitrogens with zero attached hydrogens (tertiary/aromatic N) is 2. The Balaban J connectivity index is 2.44. The van der Waals surface area contributed by atoms with Crippen molar-refractivity contribution in [3.63, 3.8) is 0 Å². The summed E-state index contributed by atoms with van der Waals surface area (Å²) in [5.74, 6) is 0.839. The van der Waals surface area contributed by atoms with Crippen LogP contribution in [-0.2, 0) is 6.54 Å². The summed E-state index contributed by atoms with van der Waals surface area (Å²) < 4.78 is 7.34. The van der Waals surface area contributed by atoms with Crippen LogP contribution in [0.3, 0.4) is 0 Å². The topological polar surface area (TPSA) is 39.1 Å². The lowest BCUT2D eigenvalue weighted by Gasteiger charge is -2.05. The molecule has 1 rings (SSSR count). The molecule has 4 nitrogen and oxygen atoms in total. The van der Waals surface area contributed by atoms with Crippen LogP contribution in [0.15, 0.2) is 12.4 Å². The van der Waals surface area contributed by atoms with Crippen molar-refractivity contribution < 1.29 is 4.74 Å². The molecule has 0 radical (unpaired) electrons. The van der Waals surface area contributed by atoms with E-state index in [1.165, 1.54) is 0 Å². The maximum Gasteiger partial charge on any atom is 0.157 e. The van der Waals surface area contributed by atoms with Gasteiger partial charge in [0.2, 0.25) is 0 Å². The van der Waals surface area contributed by atoms with Crippen LogP contribution in [0.5, 0.6) is 5.75 Å². The van der Waals surface area contributed by atoms with E-state index in [1.807, 2.05) is 31.8 Å². The summed E-state index contributed by atoms with van der Waals surface area (Å²) in [5, 5.41) is 7.22. The molecule has 13 heavy (non-hydrogen) atoms. The summed E-state index contributed by atoms with van der Waals surface area (Å²) in [5.41, 5.74) is 0. The fourth-order valence-electron chi connectivity index (χ4n) is 1.03. The fourth-order valence-corrected chi connectivity index (χ4v) is 1.03. The monoisotopic (exact) mass is 183 g/mol. The summed E-state index contributed by atoms with van der Waals surface area (Å²) in [4.78, 5) is 0. The van der Waals surface area contributed by atoms with E-state index in [-0.39, 0.29) is 6.10 Å². The van der Waals surface area contributed by atoms with E-state index in [0.29, 0.717) is 0 Å². The van der Waals surface area contributed by atoms with Gasteiger partial charge < -0.3 is 10.1 Å². The van der Waals surface area contributed by atoms with E-state index in [4.69, 9.17) is 4.74 Å². The van der Waals surface area contributed by atoms with Crippen LogP contribution < -0.4 is 10.1 Å². The minimum absolute atomic E-state index is 0.210. The maximum atomic E-state index is 5.47. The molecule has 0 aromatic carbocycles. The van der Waals surface area contributed by atoms with Crippen molar-refractivity contribution in [2.45, 2.75) is 26.5 Å². The van der Waals surface area contributed by atoms with Gasteiger partial charge in [-0.05, 0) is 20.9 Å². The van der Waals surface area contributed by atoms with Gasteiger partial charge in [0.1, 0.15) is 0 Å². The molecule has 0 spiro atoms. The number of rotatable bonds is 5. The highest BCUT2D eigenvalue weighted by Crippen LogP contribution is 2.09. The molecule has 4 heteroatoms. The second kappa shape index (κ2) is 4.87. The molecule has 0 atom stereocenters. The van der Waals surface area contributed by atoms with Gasteiger partial charge in [-0.2, -0.15) is 5.10 Å². The smallest absolute Gasteiger partial charge is 0.157 e. The van der Waals surface area contributed by atoms with Crippen molar-refractivity contribution in [1.29, 1.82) is 0 Å². The van der Waals surface area contributed by atoms with Gasteiger partial charge in [0.25, 0.3) is 0 Å². The predicted molar refractivity (Wildman–Crippen MR) is 51.9 cm³/mol. The lowest BCUT2D eigenvalue weighted by molar-refractivity contribution is 0.242. The summed E-state index contributed by atoms with van der Waals surface area (Å²) in [6.45, 7) is 5.80. The standard InChI is InChI=1S/C9H17N3O/c1-8(2)13-9-6-11-12(7-9)5-4-10-3/h6-8,10H,4-5H2,1-3H3. The number of likely N-dealkylation sites (N-methyl/N-ethyl adjacent to an activating group) is 1. The molecule has 0 fully saturated rings. The lowest BCUT2D eigenvalue weighted by atomic mass is 10.5. The average molecular weight is 183 g/mol. The minimum atomic E-state index is 0.210. The zero-order chi connectivity index (χ0) is 9.68. The van der Waals surface area contributed by atoms with E-state index < -0.39 is 0 Å². The van der Waals surface area contributed by atoms with Gasteiger partial charge >= 0.3 is 0 Å². The molecule has 1 aromatic rings. The highest BCUT2D eigenvalue weighted by Gasteiger charge is 2.00. The molecule has 1 aromatic heterocycles. The summed E-state index contributed by atoms with van der Waals surface area (Å²) in [6.07, 6.45) is 3.87. The molecule has 74 valence electrons. The molecule has 0 saturated heterocycles. The maximum absolute atomic E-state index is 5.47. The lowest BCUT2D eigenvalue weighted by Crippen LogP contribution is -2.15. The Morgan fingerprint density at radius 2 is 2.38 bits per heavy atom. The number of hydrogen-bond acceptors (Lipinski definition) is 3. The van der Waals surface area contributed by atoms with Crippen LogP contribution >= 0.6 is 0 Å². The quantitative estimate of drug-likeness (QED) is 0.737. The summed E-state index contributed by atoms with van der Waals surface area (Å²) in [7, 11) is 1.93. The van der Waals surface area contributed by atoms with Gasteiger partial charge in [-0.15, -0.1) is 0 Å². The van der Waals surface area contributed by atoms with E-state index in [2.05, 4.69) is 10.4 Å². The van der Waals surface area contributed by atoms with Crippen molar-refractivity contribution in [2.24, 2.45) is 0 Å². The number of hydrogen-bond donors (Lipinski definition) is 1. The number of aromatic nitrogens is 2. The highest BCUT2D eigenvalue weighted by atomic mass is 16.5. The second-order valence-corrected chi connectivity index (χ2v) is 3.21. The Labute approximate surface area is 78.9 Å². The third kappa shape index (κ3) is 3.46. The molecule has 0 aliphatic rings. The number of nitrogens with one attached hydrogen (secondary N) is 1. The van der Waals surface area contributed by atoms with Gasteiger partial charge in [0.15, 0.2) is 5.75 Å². The van der Waals surface area contributed by atoms with Crippen LogP contribution in [0.25, 0.3) is 0 Å². The first kappa shape index (κ1) is 10.1. The van der Waals surface area contributed by atoms with Gasteiger partial charge in [0, 0.05) is 6.54 Å². The van der Waals surface area contributed by atoms with Crippen molar-refractivity contribution in [3.8, 4) is 5.75 Å². The van der Waals surface area contributed by atoms with Gasteiger partial charge in [-0.3, -0.25) is 4.68 Å². The predicted octanol–water partition coefficient (Wildman–Crippen LogP) is 0.890. The second-order valence-electron chi connectivity index (χ2n) is 3.21. The van der Waals surface area contributed by atoms with Crippen LogP contribution in [-0.4, -0.2) is 29.5 Å². The van der Waals surface area contributed by atoms with Gasteiger partial charge in [0.05, 0.1) is 25.0 Å². The first-order valence-electron chi connectivity index (χ1n) is 4.56. The third-order valence-corrected chi connectivity index (χ3v) is 1.57. The molecule has 1 heterocycles. The summed E-state index contributed by atoms with van der Waals surface area (Å²) >= 11 is 0. The molecule has 0 unspecified atom stereocenters. The largest absolute Gasteiger partial charge is 0.488 e. The van der Waals surface area contributed by atoms with Gasteiger partial charge in [-0.1, -0.05) is 0 Å². The van der Waals surface area contributed by atoms with Crippen LogP contribution in [0.1, 0.15) is 13.8 Å². The first-order valence-corrected chi connectivity index (χ1v) is 4.56. The third-order valence-electron chi connectivity index (χ3n) is 1.57. The van der Waals surface area contributed by atoms with E-state index >= 15 is 0 Å². The Morgan fingerprint density at radius 3 is 3.00 bits per heavy atom. The zero-order valence-corrected chi connectivity index (χ0v) is 8.45. The van der Waals surface area contributed by atoms with Crippen LogP contribution in [0.4, 0.5) is 0 Å². The Kier molecular flexibility index (Phi) is 3.76. The number of ether oxygens (including phenoxy) is 1. The van der Waals surface area contributed by atoms with Gasteiger partial charge in [-0.25, -0.2) is 0 Å². The van der Waals surface area contributed by atoms with Crippen molar-refractivity contribution in [2.75, 3.05) is 13.6 Å². The van der Waals surface area contributed by atoms with Crippen LogP contribution in [0, 0.1) is 0 Å². The zero-order valence-electron chi connectivity index (χ0n) is 8.45. The summed E-state index contributed by atoms with van der Waals surface area (Å²) in [6, 6.07) is 0. The molecule has 0 saturated carbocycles. The Morgan fingerprint density at radius 1 is 1.62 bits per heavy atom. The normalized spacial score (nSPS) is 10.8. The minimum Gasteiger partial charge on any atom is -0.488 e. The van der Waals surface area contributed by atoms with Crippen molar-refractivity contribution in [3.05, 3.63) is 12.4 Å². The van der Waals surface area contributed by atoms with Crippen LogP contribution in [0.2, 0.25) is 0 Å². The molecule has 1 N–H and O–H groups in total. The van der Waals surface area contributed by atoms with E-state index in [0.717, 1.165) is 18.8 Å². The molecular formula is C9H17N3O. The molecule has 0 aliphatic carbocycles. The van der Waals surface area contributed by atoms with E-state index in [9.17, 15) is 0 Å². The first-order chi connectivity index (χ1) is 6.22. The SMILES string of the molecule is CNCCn1cc(OC(C)C)cn1. The molecular weight excluding hydrogens is 166 g/mol. The van der Waals surface area contributed by atoms with Crippen molar-refractivity contribution >= 4 is 0 Å². The van der Waals surface area contributed by atoms with Crippen molar-refractivity contribution in [1.82, 2.24) is 15.1 Å².